The summed E-state index contributed by atoms with van der Waals surface area (Å²) in [6.07, 6.45) is 3.53. The Labute approximate surface area is 141 Å². The summed E-state index contributed by atoms with van der Waals surface area (Å²) in [7, 11) is 0. The van der Waals surface area contributed by atoms with Crippen molar-refractivity contribution in [1.82, 2.24) is 10.3 Å². The quantitative estimate of drug-likeness (QED) is 0.886. The number of nitrogens with one attached hydrogen (secondary N) is 2. The van der Waals surface area contributed by atoms with Crippen LogP contribution in [0.3, 0.4) is 0 Å². The van der Waals surface area contributed by atoms with E-state index in [2.05, 4.69) is 29.5 Å². The van der Waals surface area contributed by atoms with E-state index in [1.807, 2.05) is 24.3 Å². The molecule has 124 valence electrons. The predicted octanol–water partition coefficient (Wildman–Crippen LogP) is 3.35. The number of rotatable bonds is 5. The van der Waals surface area contributed by atoms with Gasteiger partial charge in [0.2, 0.25) is 0 Å². The molecule has 0 saturated heterocycles. The lowest BCUT2D eigenvalue weighted by Crippen LogP contribution is -2.26. The highest BCUT2D eigenvalue weighted by atomic mass is 16.2. The fraction of sp³-hybridized carbons (Fsp3) is 0.316. The lowest BCUT2D eigenvalue weighted by atomic mass is 10.0. The third-order valence-corrected chi connectivity index (χ3v) is 4.00. The number of anilines is 1. The van der Waals surface area contributed by atoms with Crippen molar-refractivity contribution in [2.24, 2.45) is 0 Å². The van der Waals surface area contributed by atoms with Gasteiger partial charge in [0.1, 0.15) is 5.69 Å². The Morgan fingerprint density at radius 2 is 1.79 bits per heavy atom. The van der Waals surface area contributed by atoms with Crippen LogP contribution in [-0.2, 0) is 0 Å². The second kappa shape index (κ2) is 6.83. The van der Waals surface area contributed by atoms with Crippen LogP contribution in [0.5, 0.6) is 0 Å². The average molecular weight is 323 g/mol. The third kappa shape index (κ3) is 3.98. The van der Waals surface area contributed by atoms with Crippen molar-refractivity contribution in [2.75, 3.05) is 5.32 Å². The molecule has 5 nitrogen and oxygen atoms in total. The molecule has 0 spiro atoms. The van der Waals surface area contributed by atoms with Gasteiger partial charge >= 0.3 is 0 Å². The number of nitrogens with zero attached hydrogens (tertiary/aromatic N) is 1. The number of hydrogen-bond acceptors (Lipinski definition) is 3. The first-order valence-electron chi connectivity index (χ1n) is 8.21. The lowest BCUT2D eigenvalue weighted by Gasteiger charge is -2.09. The van der Waals surface area contributed by atoms with Gasteiger partial charge in [-0.3, -0.25) is 14.6 Å². The van der Waals surface area contributed by atoms with E-state index in [0.29, 0.717) is 17.2 Å². The molecule has 0 bridgehead atoms. The Kier molecular flexibility index (Phi) is 4.60. The molecule has 0 radical (unpaired) electrons. The maximum atomic E-state index is 12.3. The van der Waals surface area contributed by atoms with E-state index < -0.39 is 0 Å². The van der Waals surface area contributed by atoms with E-state index in [4.69, 9.17) is 0 Å². The van der Waals surface area contributed by atoms with E-state index in [1.54, 1.807) is 6.07 Å². The van der Waals surface area contributed by atoms with Gasteiger partial charge in [0.05, 0.1) is 0 Å². The number of benzene rings is 1. The molecule has 1 aliphatic rings. The summed E-state index contributed by atoms with van der Waals surface area (Å²) in [4.78, 5) is 28.5. The van der Waals surface area contributed by atoms with Crippen LogP contribution in [-0.4, -0.2) is 22.8 Å². The molecule has 5 heteroatoms. The van der Waals surface area contributed by atoms with Gasteiger partial charge in [0.25, 0.3) is 11.8 Å². The summed E-state index contributed by atoms with van der Waals surface area (Å²) < 4.78 is 0. The van der Waals surface area contributed by atoms with Crippen LogP contribution in [0.25, 0.3) is 0 Å². The highest BCUT2D eigenvalue weighted by Gasteiger charge is 2.24. The highest BCUT2D eigenvalue weighted by molar-refractivity contribution is 6.04. The van der Waals surface area contributed by atoms with Crippen molar-refractivity contribution in [2.45, 2.75) is 38.6 Å². The van der Waals surface area contributed by atoms with Gasteiger partial charge in [-0.2, -0.15) is 0 Å². The summed E-state index contributed by atoms with van der Waals surface area (Å²) in [5, 5.41) is 5.71. The van der Waals surface area contributed by atoms with E-state index in [1.165, 1.54) is 17.8 Å². The van der Waals surface area contributed by atoms with Crippen molar-refractivity contribution < 1.29 is 9.59 Å². The number of hydrogen-bond donors (Lipinski definition) is 2. The van der Waals surface area contributed by atoms with E-state index >= 15 is 0 Å². The second-order valence-electron chi connectivity index (χ2n) is 6.41. The number of carbonyl (C=O) groups is 2. The molecule has 1 aromatic carbocycles. The van der Waals surface area contributed by atoms with Crippen LogP contribution in [0.15, 0.2) is 42.6 Å². The zero-order valence-corrected chi connectivity index (χ0v) is 13.9. The van der Waals surface area contributed by atoms with Crippen LogP contribution in [0.2, 0.25) is 0 Å². The Balaban J connectivity index is 1.69. The molecule has 0 atom stereocenters. The SMILES string of the molecule is CC(C)c1ccc(NC(=O)c2cc(C(=O)NC3CC3)ccn2)cc1. The number of amides is 2. The van der Waals surface area contributed by atoms with E-state index in [-0.39, 0.29) is 23.6 Å². The van der Waals surface area contributed by atoms with Crippen molar-refractivity contribution in [3.8, 4) is 0 Å². The van der Waals surface area contributed by atoms with Gasteiger partial charge in [0, 0.05) is 23.5 Å². The van der Waals surface area contributed by atoms with Crippen LogP contribution in [0.4, 0.5) is 5.69 Å². The minimum atomic E-state index is -0.326. The monoisotopic (exact) mass is 323 g/mol. The van der Waals surface area contributed by atoms with Gasteiger partial charge in [-0.1, -0.05) is 26.0 Å². The van der Waals surface area contributed by atoms with Crippen molar-refractivity contribution in [3.05, 3.63) is 59.4 Å². The molecular formula is C19H21N3O2. The van der Waals surface area contributed by atoms with Crippen LogP contribution in [0.1, 0.15) is 59.0 Å². The Morgan fingerprint density at radius 1 is 1.08 bits per heavy atom. The molecule has 24 heavy (non-hydrogen) atoms. The van der Waals surface area contributed by atoms with Gasteiger partial charge in [0.15, 0.2) is 0 Å². The summed E-state index contributed by atoms with van der Waals surface area (Å²) >= 11 is 0. The van der Waals surface area contributed by atoms with E-state index in [0.717, 1.165) is 12.8 Å². The normalized spacial score (nSPS) is 13.6. The van der Waals surface area contributed by atoms with Crippen LogP contribution in [0, 0.1) is 0 Å². The first-order valence-corrected chi connectivity index (χ1v) is 8.21. The van der Waals surface area contributed by atoms with Gasteiger partial charge in [-0.05, 0) is 48.6 Å². The largest absolute Gasteiger partial charge is 0.349 e. The zero-order chi connectivity index (χ0) is 17.1. The lowest BCUT2D eigenvalue weighted by molar-refractivity contribution is 0.0951. The molecule has 1 aliphatic carbocycles. The minimum Gasteiger partial charge on any atom is -0.349 e. The third-order valence-electron chi connectivity index (χ3n) is 4.00. The molecule has 2 amide bonds. The van der Waals surface area contributed by atoms with Crippen molar-refractivity contribution in [1.29, 1.82) is 0 Å². The summed E-state index contributed by atoms with van der Waals surface area (Å²) in [6.45, 7) is 4.24. The summed E-state index contributed by atoms with van der Waals surface area (Å²) in [6, 6.07) is 11.2. The average Bonchev–Trinajstić information content (AvgIpc) is 3.39. The molecular weight excluding hydrogens is 302 g/mol. The molecule has 2 aromatic rings. The molecule has 0 aliphatic heterocycles. The smallest absolute Gasteiger partial charge is 0.274 e. The molecule has 2 N–H and O–H groups in total. The summed E-state index contributed by atoms with van der Waals surface area (Å²) in [5.74, 6) is -0.0401. The Morgan fingerprint density at radius 3 is 2.42 bits per heavy atom. The fourth-order valence-electron chi connectivity index (χ4n) is 2.34. The molecule has 3 rings (SSSR count). The summed E-state index contributed by atoms with van der Waals surface area (Å²) in [5.41, 5.74) is 2.60. The highest BCUT2D eigenvalue weighted by Crippen LogP contribution is 2.20. The molecule has 1 saturated carbocycles. The first kappa shape index (κ1) is 16.2. The molecule has 1 heterocycles. The number of aromatic nitrogens is 1. The molecule has 0 unspecified atom stereocenters. The number of carbonyl (C=O) groups excluding carboxylic acids is 2. The second-order valence-corrected chi connectivity index (χ2v) is 6.41. The maximum Gasteiger partial charge on any atom is 0.274 e. The fourth-order valence-corrected chi connectivity index (χ4v) is 2.34. The Bertz CT molecular complexity index is 749. The maximum absolute atomic E-state index is 12.3. The van der Waals surface area contributed by atoms with Crippen LogP contribution < -0.4 is 10.6 Å². The minimum absolute atomic E-state index is 0.157. The number of pyridine rings is 1. The van der Waals surface area contributed by atoms with Gasteiger partial charge in [-0.15, -0.1) is 0 Å². The molecule has 1 fully saturated rings. The zero-order valence-electron chi connectivity index (χ0n) is 13.9. The topological polar surface area (TPSA) is 71.1 Å². The van der Waals surface area contributed by atoms with Crippen molar-refractivity contribution in [3.63, 3.8) is 0 Å². The molecule has 1 aromatic heterocycles. The van der Waals surface area contributed by atoms with Gasteiger partial charge < -0.3 is 10.6 Å². The van der Waals surface area contributed by atoms with E-state index in [9.17, 15) is 9.59 Å². The standard InChI is InChI=1S/C19H21N3O2/c1-12(2)13-3-5-15(6-4-13)22-19(24)17-11-14(9-10-20-17)18(23)21-16-7-8-16/h3-6,9-12,16H,7-8H2,1-2H3,(H,21,23)(H,22,24). The van der Waals surface area contributed by atoms with Crippen LogP contribution >= 0.6 is 0 Å². The van der Waals surface area contributed by atoms with Gasteiger partial charge in [-0.25, -0.2) is 0 Å². The first-order chi connectivity index (χ1) is 11.5. The Hall–Kier alpha value is -2.69. The predicted molar refractivity (Wildman–Crippen MR) is 93.2 cm³/mol. The van der Waals surface area contributed by atoms with Crippen molar-refractivity contribution >= 4 is 17.5 Å².